The van der Waals surface area contributed by atoms with Gasteiger partial charge in [-0.2, -0.15) is 0 Å². The van der Waals surface area contributed by atoms with Crippen molar-refractivity contribution in [2.24, 2.45) is 11.8 Å². The van der Waals surface area contributed by atoms with Gasteiger partial charge in [0, 0.05) is 43.1 Å². The van der Waals surface area contributed by atoms with E-state index in [0.717, 1.165) is 41.9 Å². The molecule has 0 aromatic carbocycles. The number of hydrogen-bond donors (Lipinski definition) is 1. The number of nitrogens with zero attached hydrogens (tertiary/aromatic N) is 5. The van der Waals surface area contributed by atoms with E-state index in [-0.39, 0.29) is 5.82 Å². The summed E-state index contributed by atoms with van der Waals surface area (Å²) in [6.45, 7) is 3.18. The molecule has 1 aliphatic rings. The minimum absolute atomic E-state index is 0.223. The highest BCUT2D eigenvalue weighted by molar-refractivity contribution is 6.30. The van der Waals surface area contributed by atoms with Crippen molar-refractivity contribution in [2.45, 2.75) is 52.0 Å². The Morgan fingerprint density at radius 3 is 2.66 bits per heavy atom. The topological polar surface area (TPSA) is 93.8 Å². The summed E-state index contributed by atoms with van der Waals surface area (Å²) in [7, 11) is 0. The average molecular weight is 490 g/mol. The largest absolute Gasteiger partial charge is 0.475 e. The third-order valence-corrected chi connectivity index (χ3v) is 7.16. The Morgan fingerprint density at radius 2 is 1.94 bits per heavy atom. The molecule has 0 unspecified atom stereocenters. The lowest BCUT2D eigenvalue weighted by molar-refractivity contribution is 0.0684. The van der Waals surface area contributed by atoms with Crippen LogP contribution in [0.25, 0.3) is 22.3 Å². The number of carbonyl (C=O) groups is 1. The lowest BCUT2D eigenvalue weighted by Gasteiger charge is -2.26. The molecule has 0 bridgehead atoms. The van der Waals surface area contributed by atoms with Gasteiger partial charge in [-0.3, -0.25) is 9.97 Å². The van der Waals surface area contributed by atoms with Crippen LogP contribution in [0.2, 0.25) is 5.02 Å². The van der Waals surface area contributed by atoms with Crippen LogP contribution >= 0.6 is 11.6 Å². The van der Waals surface area contributed by atoms with Crippen molar-refractivity contribution in [1.29, 1.82) is 0 Å². The fraction of sp³-hybridized carbons (Fsp3) is 0.370. The number of halogens is 1. The van der Waals surface area contributed by atoms with Crippen molar-refractivity contribution in [3.05, 3.63) is 71.2 Å². The van der Waals surface area contributed by atoms with Gasteiger partial charge in [-0.05, 0) is 60.8 Å². The summed E-state index contributed by atoms with van der Waals surface area (Å²) in [5, 5.41) is 10.3. The lowest BCUT2D eigenvalue weighted by Crippen LogP contribution is -2.17. The van der Waals surface area contributed by atoms with Crippen LogP contribution in [0, 0.1) is 11.8 Å². The zero-order valence-corrected chi connectivity index (χ0v) is 20.4. The predicted molar refractivity (Wildman–Crippen MR) is 135 cm³/mol. The maximum atomic E-state index is 12.0. The van der Waals surface area contributed by atoms with Crippen LogP contribution in [-0.2, 0) is 19.4 Å². The molecule has 5 rings (SSSR count). The first-order valence-electron chi connectivity index (χ1n) is 12.1. The Balaban J connectivity index is 1.63. The van der Waals surface area contributed by atoms with Crippen molar-refractivity contribution < 1.29 is 9.90 Å². The molecule has 0 atom stereocenters. The Kier molecular flexibility index (Phi) is 6.77. The number of carboxylic acid groups (broad SMARTS) is 1. The SMILES string of the molecule is CC1CCC(Cn2cc(CCc3cccnc3)c3nc(C(=O)O)nc(-c4cncc(Cl)c4)c32)CC1. The van der Waals surface area contributed by atoms with Crippen LogP contribution in [0.15, 0.2) is 49.2 Å². The Morgan fingerprint density at radius 1 is 1.11 bits per heavy atom. The third kappa shape index (κ3) is 5.20. The van der Waals surface area contributed by atoms with Crippen molar-refractivity contribution >= 4 is 28.6 Å². The quantitative estimate of drug-likeness (QED) is 0.350. The maximum absolute atomic E-state index is 12.0. The molecule has 0 amide bonds. The lowest BCUT2D eigenvalue weighted by atomic mass is 9.83. The molecular formula is C27H28ClN5O2. The van der Waals surface area contributed by atoms with Gasteiger partial charge in [-0.15, -0.1) is 0 Å². The van der Waals surface area contributed by atoms with Crippen molar-refractivity contribution in [1.82, 2.24) is 24.5 Å². The van der Waals surface area contributed by atoms with Gasteiger partial charge in [0.2, 0.25) is 5.82 Å². The highest BCUT2D eigenvalue weighted by Gasteiger charge is 2.24. The van der Waals surface area contributed by atoms with Crippen LogP contribution in [-0.4, -0.2) is 35.6 Å². The summed E-state index contributed by atoms with van der Waals surface area (Å²) in [6.07, 6.45) is 15.4. The van der Waals surface area contributed by atoms with Crippen LogP contribution in [0.4, 0.5) is 0 Å². The molecule has 4 heterocycles. The summed E-state index contributed by atoms with van der Waals surface area (Å²) < 4.78 is 2.23. The first-order valence-corrected chi connectivity index (χ1v) is 12.5. The molecule has 1 N–H and O–H groups in total. The number of aromatic nitrogens is 5. The van der Waals surface area contributed by atoms with Crippen LogP contribution < -0.4 is 0 Å². The zero-order chi connectivity index (χ0) is 24.4. The summed E-state index contributed by atoms with van der Waals surface area (Å²) >= 11 is 6.25. The molecule has 4 aromatic heterocycles. The van der Waals surface area contributed by atoms with Gasteiger partial charge in [0.15, 0.2) is 0 Å². The molecule has 180 valence electrons. The van der Waals surface area contributed by atoms with Gasteiger partial charge in [-0.1, -0.05) is 37.4 Å². The molecule has 1 aliphatic carbocycles. The number of rotatable bonds is 7. The van der Waals surface area contributed by atoms with Crippen molar-refractivity contribution in [2.75, 3.05) is 0 Å². The molecule has 1 fully saturated rings. The fourth-order valence-corrected chi connectivity index (χ4v) is 5.22. The van der Waals surface area contributed by atoms with E-state index in [1.807, 2.05) is 12.3 Å². The molecule has 0 saturated heterocycles. The Hall–Kier alpha value is -3.32. The molecule has 0 aliphatic heterocycles. The molecule has 0 spiro atoms. The molecule has 7 nitrogen and oxygen atoms in total. The van der Waals surface area contributed by atoms with E-state index in [2.05, 4.69) is 43.7 Å². The highest BCUT2D eigenvalue weighted by atomic mass is 35.5. The summed E-state index contributed by atoms with van der Waals surface area (Å²) in [4.78, 5) is 29.4. The second kappa shape index (κ2) is 10.1. The second-order valence-corrected chi connectivity index (χ2v) is 10.0. The number of aryl methyl sites for hydroxylation is 2. The number of carboxylic acids is 1. The van der Waals surface area contributed by atoms with E-state index in [9.17, 15) is 9.90 Å². The van der Waals surface area contributed by atoms with Crippen LogP contribution in [0.1, 0.15) is 54.4 Å². The van der Waals surface area contributed by atoms with E-state index in [0.29, 0.717) is 27.7 Å². The number of aromatic carboxylic acids is 1. The van der Waals surface area contributed by atoms with Crippen LogP contribution in [0.3, 0.4) is 0 Å². The molecular weight excluding hydrogens is 462 g/mol. The fourth-order valence-electron chi connectivity index (χ4n) is 5.04. The molecule has 8 heteroatoms. The smallest absolute Gasteiger partial charge is 0.373 e. The van der Waals surface area contributed by atoms with Crippen LogP contribution in [0.5, 0.6) is 0 Å². The standard InChI is InChI=1S/C27H28ClN5O2/c1-17-4-6-19(7-5-17)15-33-16-20(9-8-18-3-2-10-29-12-18)23-25(33)24(32-26(31-23)27(34)35)21-11-22(28)14-30-13-21/h2-3,10-14,16-17,19H,4-9,15H2,1H3,(H,34,35). The first-order chi connectivity index (χ1) is 17.0. The highest BCUT2D eigenvalue weighted by Crippen LogP contribution is 2.34. The first kappa shape index (κ1) is 23.4. The van der Waals surface area contributed by atoms with E-state index in [1.165, 1.54) is 25.7 Å². The minimum atomic E-state index is -1.16. The normalized spacial score (nSPS) is 18.1. The van der Waals surface area contributed by atoms with E-state index >= 15 is 0 Å². The molecule has 1 saturated carbocycles. The van der Waals surface area contributed by atoms with Gasteiger partial charge in [0.1, 0.15) is 5.69 Å². The molecule has 4 aromatic rings. The summed E-state index contributed by atoms with van der Waals surface area (Å²) in [5.74, 6) is -0.0376. The minimum Gasteiger partial charge on any atom is -0.475 e. The van der Waals surface area contributed by atoms with E-state index in [1.54, 1.807) is 24.7 Å². The van der Waals surface area contributed by atoms with Crippen molar-refractivity contribution in [3.8, 4) is 11.3 Å². The number of pyridine rings is 2. The van der Waals surface area contributed by atoms with E-state index < -0.39 is 5.97 Å². The Labute approximate surface area is 209 Å². The summed E-state index contributed by atoms with van der Waals surface area (Å²) in [5.41, 5.74) is 4.90. The van der Waals surface area contributed by atoms with E-state index in [4.69, 9.17) is 11.6 Å². The maximum Gasteiger partial charge on any atom is 0.373 e. The predicted octanol–water partition coefficient (Wildman–Crippen LogP) is 5.85. The van der Waals surface area contributed by atoms with Gasteiger partial charge in [0.25, 0.3) is 0 Å². The molecule has 0 radical (unpaired) electrons. The number of fused-ring (bicyclic) bond motifs is 1. The Bertz CT molecular complexity index is 1350. The summed E-state index contributed by atoms with van der Waals surface area (Å²) in [6, 6.07) is 5.75. The van der Waals surface area contributed by atoms with Gasteiger partial charge in [-0.25, -0.2) is 14.8 Å². The van der Waals surface area contributed by atoms with Gasteiger partial charge in [0.05, 0.1) is 16.1 Å². The number of hydrogen-bond acceptors (Lipinski definition) is 5. The van der Waals surface area contributed by atoms with Crippen molar-refractivity contribution in [3.63, 3.8) is 0 Å². The van der Waals surface area contributed by atoms with Gasteiger partial charge >= 0.3 is 5.97 Å². The average Bonchev–Trinajstić information content (AvgIpc) is 3.21. The van der Waals surface area contributed by atoms with Gasteiger partial charge < -0.3 is 9.67 Å². The zero-order valence-electron chi connectivity index (χ0n) is 19.7. The second-order valence-electron chi connectivity index (χ2n) is 9.58. The monoisotopic (exact) mass is 489 g/mol. The molecule has 35 heavy (non-hydrogen) atoms. The third-order valence-electron chi connectivity index (χ3n) is 6.95.